The fourth-order valence-corrected chi connectivity index (χ4v) is 5.15. The minimum Gasteiger partial charge on any atom is -0.455 e. The third-order valence-electron chi connectivity index (χ3n) is 7.10. The predicted octanol–water partition coefficient (Wildman–Crippen LogP) is 9.96. The molecule has 0 unspecified atom stereocenters. The van der Waals surface area contributed by atoms with Gasteiger partial charge in [0.15, 0.2) is 0 Å². The number of aryl methyl sites for hydroxylation is 1. The molecule has 0 aliphatic carbocycles. The highest BCUT2D eigenvalue weighted by molar-refractivity contribution is 6.09. The van der Waals surface area contributed by atoms with Gasteiger partial charge in [0.05, 0.1) is 5.69 Å². The zero-order valence-electron chi connectivity index (χ0n) is 23.6. The normalized spacial score (nSPS) is 12.8. The molecule has 0 aliphatic heterocycles. The first-order chi connectivity index (χ1) is 20.0. The van der Waals surface area contributed by atoms with Crippen molar-refractivity contribution in [2.45, 2.75) is 6.85 Å². The fourth-order valence-electron chi connectivity index (χ4n) is 5.15. The van der Waals surface area contributed by atoms with Crippen molar-refractivity contribution in [3.05, 3.63) is 139 Å². The van der Waals surface area contributed by atoms with E-state index in [1.165, 1.54) is 0 Å². The number of fused-ring (bicyclic) bond motifs is 3. The first kappa shape index (κ1) is 19.2. The van der Waals surface area contributed by atoms with Crippen LogP contribution in [-0.2, 0) is 0 Å². The molecule has 5 aromatic carbocycles. The Balaban J connectivity index is 1.25. The van der Waals surface area contributed by atoms with Crippen molar-refractivity contribution >= 4 is 21.9 Å². The van der Waals surface area contributed by atoms with E-state index in [2.05, 4.69) is 23.2 Å². The molecule has 0 atom stereocenters. The molecule has 7 rings (SSSR count). The number of aromatic nitrogens is 1. The van der Waals surface area contributed by atoms with Gasteiger partial charge in [-0.15, -0.1) is 0 Å². The summed E-state index contributed by atoms with van der Waals surface area (Å²) in [5, 5.41) is 2.15. The highest BCUT2D eigenvalue weighted by Crippen LogP contribution is 2.36. The third kappa shape index (κ3) is 3.88. The van der Waals surface area contributed by atoms with E-state index < -0.39 is 6.85 Å². The van der Waals surface area contributed by atoms with Gasteiger partial charge < -0.3 is 4.42 Å². The lowest BCUT2D eigenvalue weighted by molar-refractivity contribution is 0.670. The monoisotopic (exact) mass is 490 g/mol. The molecule has 180 valence electrons. The van der Waals surface area contributed by atoms with Gasteiger partial charge in [-0.05, 0) is 70.1 Å². The third-order valence-corrected chi connectivity index (χ3v) is 7.10. The molecule has 2 aromatic heterocycles. The Bertz CT molecular complexity index is 2020. The Kier molecular flexibility index (Phi) is 4.63. The molecule has 0 bridgehead atoms. The highest BCUT2D eigenvalue weighted by atomic mass is 16.3. The number of pyridine rings is 1. The summed E-state index contributed by atoms with van der Waals surface area (Å²) in [5.74, 6) is 0. The van der Waals surface area contributed by atoms with E-state index in [0.29, 0.717) is 11.1 Å². The fraction of sp³-hybridized carbons (Fsp3) is 0.0278. The summed E-state index contributed by atoms with van der Waals surface area (Å²) < 4.78 is 30.9. The van der Waals surface area contributed by atoms with Crippen molar-refractivity contribution < 1.29 is 8.53 Å². The van der Waals surface area contributed by atoms with E-state index in [1.807, 2.05) is 109 Å². The van der Waals surface area contributed by atoms with Crippen LogP contribution in [0.2, 0.25) is 0 Å². The first-order valence-electron chi connectivity index (χ1n) is 14.1. The second kappa shape index (κ2) is 9.17. The van der Waals surface area contributed by atoms with E-state index in [-0.39, 0.29) is 0 Å². The molecular weight excluding hydrogens is 462 g/mol. The van der Waals surface area contributed by atoms with Crippen LogP contribution in [0.3, 0.4) is 0 Å². The van der Waals surface area contributed by atoms with Crippen LogP contribution in [0.4, 0.5) is 0 Å². The maximum absolute atomic E-state index is 8.22. The highest BCUT2D eigenvalue weighted by Gasteiger charge is 2.13. The van der Waals surface area contributed by atoms with E-state index >= 15 is 0 Å². The van der Waals surface area contributed by atoms with Crippen LogP contribution >= 0.6 is 0 Å². The molecule has 2 heterocycles. The van der Waals surface area contributed by atoms with Crippen molar-refractivity contribution in [1.82, 2.24) is 4.98 Å². The molecule has 0 spiro atoms. The Hall–Kier alpha value is -4.95. The summed E-state index contributed by atoms with van der Waals surface area (Å²) in [7, 11) is 0. The Morgan fingerprint density at radius 2 is 1.26 bits per heavy atom. The minimum atomic E-state index is -2.24. The molecule has 0 radical (unpaired) electrons. The van der Waals surface area contributed by atoms with Crippen molar-refractivity contribution in [3.8, 4) is 44.6 Å². The van der Waals surface area contributed by atoms with Crippen molar-refractivity contribution in [2.75, 3.05) is 0 Å². The van der Waals surface area contributed by atoms with Crippen LogP contribution in [0, 0.1) is 6.85 Å². The molecular formula is C36H25NO. The van der Waals surface area contributed by atoms with E-state index in [4.69, 9.17) is 8.53 Å². The van der Waals surface area contributed by atoms with Gasteiger partial charge in [-0.2, -0.15) is 0 Å². The zero-order valence-corrected chi connectivity index (χ0v) is 20.6. The van der Waals surface area contributed by atoms with Crippen LogP contribution in [0.25, 0.3) is 66.6 Å². The quantitative estimate of drug-likeness (QED) is 0.245. The maximum Gasteiger partial charge on any atom is 0.144 e. The zero-order chi connectivity index (χ0) is 28.0. The van der Waals surface area contributed by atoms with Crippen LogP contribution < -0.4 is 0 Å². The molecule has 0 saturated carbocycles. The molecule has 2 nitrogen and oxygen atoms in total. The smallest absolute Gasteiger partial charge is 0.144 e. The molecule has 2 heteroatoms. The second-order valence-electron chi connectivity index (χ2n) is 9.41. The van der Waals surface area contributed by atoms with Crippen molar-refractivity contribution in [3.63, 3.8) is 0 Å². The molecule has 0 fully saturated rings. The Morgan fingerprint density at radius 3 is 2.13 bits per heavy atom. The average molecular weight is 491 g/mol. The lowest BCUT2D eigenvalue weighted by atomic mass is 9.94. The summed E-state index contributed by atoms with van der Waals surface area (Å²) in [6.07, 6.45) is 1.81. The van der Waals surface area contributed by atoms with Crippen LogP contribution in [0.1, 0.15) is 9.68 Å². The number of furan rings is 1. The Morgan fingerprint density at radius 1 is 0.553 bits per heavy atom. The number of para-hydroxylation sites is 2. The maximum atomic E-state index is 8.22. The van der Waals surface area contributed by atoms with Gasteiger partial charge in [0.25, 0.3) is 0 Å². The summed E-state index contributed by atoms with van der Waals surface area (Å²) in [4.78, 5) is 4.67. The average Bonchev–Trinajstić information content (AvgIpc) is 3.40. The first-order valence-corrected chi connectivity index (χ1v) is 12.6. The largest absolute Gasteiger partial charge is 0.455 e. The summed E-state index contributed by atoms with van der Waals surface area (Å²) in [6.45, 7) is -2.24. The number of rotatable bonds is 4. The molecule has 7 aromatic rings. The predicted molar refractivity (Wildman–Crippen MR) is 158 cm³/mol. The molecule has 0 amide bonds. The molecule has 38 heavy (non-hydrogen) atoms. The van der Waals surface area contributed by atoms with Gasteiger partial charge in [-0.25, -0.2) is 0 Å². The lowest BCUT2D eigenvalue weighted by Gasteiger charge is -2.11. The second-order valence-corrected chi connectivity index (χ2v) is 9.41. The van der Waals surface area contributed by atoms with E-state index in [9.17, 15) is 0 Å². The Labute approximate surface area is 226 Å². The number of benzene rings is 5. The molecule has 0 N–H and O–H groups in total. The van der Waals surface area contributed by atoms with Gasteiger partial charge in [0.2, 0.25) is 0 Å². The summed E-state index contributed by atoms with van der Waals surface area (Å²) in [5.41, 5.74) is 9.29. The van der Waals surface area contributed by atoms with Crippen LogP contribution in [0.15, 0.2) is 138 Å². The van der Waals surface area contributed by atoms with Gasteiger partial charge in [-0.1, -0.05) is 103 Å². The molecule has 0 aliphatic rings. The van der Waals surface area contributed by atoms with Crippen LogP contribution in [-0.4, -0.2) is 4.98 Å². The van der Waals surface area contributed by atoms with E-state index in [1.54, 1.807) is 6.07 Å². The topological polar surface area (TPSA) is 26.0 Å². The summed E-state index contributed by atoms with van der Waals surface area (Å²) in [6, 6.07) is 41.8. The van der Waals surface area contributed by atoms with Crippen LogP contribution in [0.5, 0.6) is 0 Å². The van der Waals surface area contributed by atoms with Gasteiger partial charge in [0, 0.05) is 26.6 Å². The van der Waals surface area contributed by atoms with Gasteiger partial charge in [0.1, 0.15) is 11.2 Å². The SMILES string of the molecule is [2H]C([2H])([2H])c1cc(-c2ccccc2)ccc1-c1ccc(-c2ccnc(-c3cccc4c3oc3ccccc34)c2)cc1. The molecule has 0 saturated heterocycles. The lowest BCUT2D eigenvalue weighted by Crippen LogP contribution is -1.88. The van der Waals surface area contributed by atoms with Crippen molar-refractivity contribution in [1.29, 1.82) is 0 Å². The standard InChI is InChI=1S/C36H25NO/c1-24-22-28(25-8-3-2-4-9-25)18-19-30(24)27-16-14-26(15-17-27)29-20-21-37-34(23-29)33-12-7-11-32-31-10-5-6-13-35(31)38-36(32)33/h2-23H,1H3/i1D3. The van der Waals surface area contributed by atoms with Gasteiger partial charge >= 0.3 is 0 Å². The number of hydrogen-bond donors (Lipinski definition) is 0. The minimum absolute atomic E-state index is 0.344. The van der Waals surface area contributed by atoms with E-state index in [0.717, 1.165) is 61.0 Å². The number of hydrogen-bond acceptors (Lipinski definition) is 2. The van der Waals surface area contributed by atoms with Crippen molar-refractivity contribution in [2.24, 2.45) is 0 Å². The number of nitrogens with zero attached hydrogens (tertiary/aromatic N) is 1. The van der Waals surface area contributed by atoms with Gasteiger partial charge in [-0.3, -0.25) is 4.98 Å². The summed E-state index contributed by atoms with van der Waals surface area (Å²) >= 11 is 0.